The zero-order valence-electron chi connectivity index (χ0n) is 8.82. The van der Waals surface area contributed by atoms with Gasteiger partial charge in [-0.1, -0.05) is 0 Å². The first kappa shape index (κ1) is 11.5. The smallest absolute Gasteiger partial charge is 0.309 e. The molecule has 86 valence electrons. The Labute approximate surface area is 98.2 Å². The molecule has 1 atom stereocenters. The van der Waals surface area contributed by atoms with Gasteiger partial charge in [0, 0.05) is 10.6 Å². The van der Waals surface area contributed by atoms with Crippen LogP contribution in [0.5, 0.6) is 0 Å². The van der Waals surface area contributed by atoms with E-state index in [2.05, 4.69) is 0 Å². The summed E-state index contributed by atoms with van der Waals surface area (Å²) in [6, 6.07) is 6.32. The number of cyclic esters (lactones) is 1. The summed E-state index contributed by atoms with van der Waals surface area (Å²) >= 11 is 1.57. The number of thioether (sulfide) groups is 1. The molecule has 1 fully saturated rings. The molecule has 1 aromatic rings. The second kappa shape index (κ2) is 5.34. The summed E-state index contributed by atoms with van der Waals surface area (Å²) in [4.78, 5) is 12.4. The summed E-state index contributed by atoms with van der Waals surface area (Å²) in [5.74, 6) is 0.371. The molecule has 0 bridgehead atoms. The van der Waals surface area contributed by atoms with Gasteiger partial charge < -0.3 is 4.74 Å². The van der Waals surface area contributed by atoms with Gasteiger partial charge in [-0.25, -0.2) is 4.39 Å². The molecule has 0 radical (unpaired) electrons. The van der Waals surface area contributed by atoms with Gasteiger partial charge in [0.2, 0.25) is 0 Å². The molecule has 16 heavy (non-hydrogen) atoms. The molecule has 1 aliphatic rings. The van der Waals surface area contributed by atoms with Crippen molar-refractivity contribution in [3.8, 4) is 0 Å². The first-order valence-corrected chi connectivity index (χ1v) is 6.29. The molecule has 0 amide bonds. The lowest BCUT2D eigenvalue weighted by molar-refractivity contribution is -0.151. The summed E-state index contributed by atoms with van der Waals surface area (Å²) in [6.07, 6.45) is 1.84. The van der Waals surface area contributed by atoms with E-state index in [1.54, 1.807) is 23.9 Å². The first-order chi connectivity index (χ1) is 7.75. The summed E-state index contributed by atoms with van der Waals surface area (Å²) in [7, 11) is 0. The van der Waals surface area contributed by atoms with Gasteiger partial charge in [0.1, 0.15) is 5.82 Å². The molecule has 0 spiro atoms. The van der Waals surface area contributed by atoms with E-state index in [1.807, 2.05) is 0 Å². The molecule has 1 heterocycles. The van der Waals surface area contributed by atoms with Crippen LogP contribution in [-0.2, 0) is 9.53 Å². The Kier molecular flexibility index (Phi) is 3.83. The number of esters is 1. The van der Waals surface area contributed by atoms with Crippen LogP contribution in [-0.4, -0.2) is 18.3 Å². The van der Waals surface area contributed by atoms with E-state index in [4.69, 9.17) is 4.74 Å². The van der Waals surface area contributed by atoms with Crippen LogP contribution in [0.25, 0.3) is 0 Å². The highest BCUT2D eigenvalue weighted by Crippen LogP contribution is 2.25. The van der Waals surface area contributed by atoms with Crippen LogP contribution in [0.2, 0.25) is 0 Å². The topological polar surface area (TPSA) is 26.3 Å². The molecule has 2 rings (SSSR count). The van der Waals surface area contributed by atoms with Crippen LogP contribution >= 0.6 is 11.8 Å². The van der Waals surface area contributed by atoms with E-state index < -0.39 is 0 Å². The highest BCUT2D eigenvalue weighted by Gasteiger charge is 2.23. The lowest BCUT2D eigenvalue weighted by Crippen LogP contribution is -2.25. The average Bonchev–Trinajstić information content (AvgIpc) is 2.30. The molecule has 1 aromatic carbocycles. The number of carbonyl (C=O) groups is 1. The summed E-state index contributed by atoms with van der Waals surface area (Å²) in [5, 5.41) is 0. The molecule has 1 unspecified atom stereocenters. The molecule has 4 heteroatoms. The molecule has 0 N–H and O–H groups in total. The van der Waals surface area contributed by atoms with Gasteiger partial charge in [0.15, 0.2) is 0 Å². The van der Waals surface area contributed by atoms with Crippen molar-refractivity contribution >= 4 is 17.7 Å². The normalized spacial score (nSPS) is 20.6. The average molecular weight is 240 g/mol. The van der Waals surface area contributed by atoms with E-state index in [0.29, 0.717) is 12.4 Å². The third-order valence-electron chi connectivity index (χ3n) is 2.54. The van der Waals surface area contributed by atoms with Gasteiger partial charge in [-0.15, -0.1) is 11.8 Å². The molecular formula is C12H13FO2S. The van der Waals surface area contributed by atoms with Gasteiger partial charge in [-0.3, -0.25) is 4.79 Å². The minimum absolute atomic E-state index is 0.0104. The number of ether oxygens (including phenoxy) is 1. The Balaban J connectivity index is 1.86. The lowest BCUT2D eigenvalue weighted by Gasteiger charge is -2.20. The maximum Gasteiger partial charge on any atom is 0.309 e. The van der Waals surface area contributed by atoms with Crippen LogP contribution in [0.15, 0.2) is 29.2 Å². The highest BCUT2D eigenvalue weighted by atomic mass is 32.2. The number of rotatable bonds is 3. The Morgan fingerprint density at radius 2 is 2.12 bits per heavy atom. The largest absolute Gasteiger partial charge is 0.465 e. The van der Waals surface area contributed by atoms with E-state index in [-0.39, 0.29) is 17.7 Å². The number of hydrogen-bond donors (Lipinski definition) is 0. The Bertz CT molecular complexity index is 364. The highest BCUT2D eigenvalue weighted by molar-refractivity contribution is 7.99. The van der Waals surface area contributed by atoms with Gasteiger partial charge in [0.05, 0.1) is 12.5 Å². The maximum absolute atomic E-state index is 12.7. The van der Waals surface area contributed by atoms with Crippen molar-refractivity contribution in [3.63, 3.8) is 0 Å². The van der Waals surface area contributed by atoms with Crippen LogP contribution in [0, 0.1) is 11.7 Å². The molecular weight excluding hydrogens is 227 g/mol. The minimum Gasteiger partial charge on any atom is -0.465 e. The van der Waals surface area contributed by atoms with Crippen molar-refractivity contribution in [2.24, 2.45) is 5.92 Å². The fraction of sp³-hybridized carbons (Fsp3) is 0.417. The third-order valence-corrected chi connectivity index (χ3v) is 3.71. The van der Waals surface area contributed by atoms with Crippen molar-refractivity contribution in [2.75, 3.05) is 12.4 Å². The van der Waals surface area contributed by atoms with E-state index in [0.717, 1.165) is 17.7 Å². The Morgan fingerprint density at radius 3 is 2.81 bits per heavy atom. The molecule has 1 saturated heterocycles. The zero-order chi connectivity index (χ0) is 11.4. The predicted octanol–water partition coefficient (Wildman–Crippen LogP) is 2.87. The summed E-state index contributed by atoms with van der Waals surface area (Å²) in [6.45, 7) is 0.552. The van der Waals surface area contributed by atoms with Crippen LogP contribution in [0.1, 0.15) is 12.8 Å². The van der Waals surface area contributed by atoms with Crippen molar-refractivity contribution < 1.29 is 13.9 Å². The molecule has 2 nitrogen and oxygen atoms in total. The quantitative estimate of drug-likeness (QED) is 0.600. The third kappa shape index (κ3) is 2.98. The van der Waals surface area contributed by atoms with Crippen molar-refractivity contribution in [2.45, 2.75) is 17.7 Å². The fourth-order valence-corrected chi connectivity index (χ4v) is 2.64. The summed E-state index contributed by atoms with van der Waals surface area (Å²) in [5.41, 5.74) is 0. The number of halogens is 1. The number of hydrogen-bond acceptors (Lipinski definition) is 3. The van der Waals surface area contributed by atoms with Crippen molar-refractivity contribution in [3.05, 3.63) is 30.1 Å². The van der Waals surface area contributed by atoms with Crippen LogP contribution in [0.3, 0.4) is 0 Å². The molecule has 1 aliphatic heterocycles. The van der Waals surface area contributed by atoms with Crippen LogP contribution < -0.4 is 0 Å². The Morgan fingerprint density at radius 1 is 1.38 bits per heavy atom. The minimum atomic E-state index is -0.235. The molecule has 0 aliphatic carbocycles. The first-order valence-electron chi connectivity index (χ1n) is 5.31. The number of benzene rings is 1. The number of carbonyl (C=O) groups excluding carboxylic acids is 1. The van der Waals surface area contributed by atoms with Gasteiger partial charge in [0.25, 0.3) is 0 Å². The van der Waals surface area contributed by atoms with Gasteiger partial charge in [-0.2, -0.15) is 0 Å². The van der Waals surface area contributed by atoms with Crippen molar-refractivity contribution in [1.29, 1.82) is 0 Å². The van der Waals surface area contributed by atoms with Crippen LogP contribution in [0.4, 0.5) is 4.39 Å². The SMILES string of the molecule is O=C1OCCCC1CSc1ccc(F)cc1. The maximum atomic E-state index is 12.7. The van der Waals surface area contributed by atoms with E-state index in [9.17, 15) is 9.18 Å². The monoisotopic (exact) mass is 240 g/mol. The fourth-order valence-electron chi connectivity index (χ4n) is 1.62. The van der Waals surface area contributed by atoms with Gasteiger partial charge in [-0.05, 0) is 37.1 Å². The predicted molar refractivity (Wildman–Crippen MR) is 60.8 cm³/mol. The van der Waals surface area contributed by atoms with Crippen molar-refractivity contribution in [1.82, 2.24) is 0 Å². The van der Waals surface area contributed by atoms with E-state index in [1.165, 1.54) is 12.1 Å². The molecule has 0 saturated carbocycles. The van der Waals surface area contributed by atoms with Gasteiger partial charge >= 0.3 is 5.97 Å². The summed E-state index contributed by atoms with van der Waals surface area (Å²) < 4.78 is 17.6. The zero-order valence-corrected chi connectivity index (χ0v) is 9.63. The molecule has 0 aromatic heterocycles. The second-order valence-electron chi connectivity index (χ2n) is 3.77. The van der Waals surface area contributed by atoms with E-state index >= 15 is 0 Å². The standard InChI is InChI=1S/C12H13FO2S/c13-10-3-5-11(6-4-10)16-8-9-2-1-7-15-12(9)14/h3-6,9H,1-2,7-8H2. The lowest BCUT2D eigenvalue weighted by atomic mass is 10.0. The Hall–Kier alpha value is -1.03. The second-order valence-corrected chi connectivity index (χ2v) is 4.86.